The quantitative estimate of drug-likeness (QED) is 0.788. The third-order valence-corrected chi connectivity index (χ3v) is 2.88. The molecule has 0 saturated carbocycles. The van der Waals surface area contributed by atoms with Crippen LogP contribution in [0.4, 0.5) is 0 Å². The topological polar surface area (TPSA) is 68.0 Å². The SMILES string of the molecule is CCC(CC)CNC(=O)CCc1nc(C)no1. The fraction of sp³-hybridized carbons (Fsp3) is 0.750. The standard InChI is InChI=1S/C12H21N3O2/c1-4-10(5-2)8-13-11(16)6-7-12-14-9(3)15-17-12/h10H,4-8H2,1-3H3,(H,13,16). The Morgan fingerprint density at radius 1 is 1.41 bits per heavy atom. The minimum Gasteiger partial charge on any atom is -0.356 e. The molecule has 0 atom stereocenters. The Morgan fingerprint density at radius 3 is 2.65 bits per heavy atom. The van der Waals surface area contributed by atoms with Crippen molar-refractivity contribution in [2.75, 3.05) is 6.54 Å². The first-order valence-corrected chi connectivity index (χ1v) is 6.21. The lowest BCUT2D eigenvalue weighted by molar-refractivity contribution is -0.121. The van der Waals surface area contributed by atoms with Gasteiger partial charge in [-0.2, -0.15) is 4.98 Å². The average molecular weight is 239 g/mol. The van der Waals surface area contributed by atoms with Crippen LogP contribution in [0.15, 0.2) is 4.52 Å². The Hall–Kier alpha value is -1.39. The summed E-state index contributed by atoms with van der Waals surface area (Å²) in [7, 11) is 0. The summed E-state index contributed by atoms with van der Waals surface area (Å²) in [4.78, 5) is 15.6. The van der Waals surface area contributed by atoms with Crippen molar-refractivity contribution in [3.8, 4) is 0 Å². The van der Waals surface area contributed by atoms with Gasteiger partial charge in [-0.25, -0.2) is 0 Å². The lowest BCUT2D eigenvalue weighted by Crippen LogP contribution is -2.29. The summed E-state index contributed by atoms with van der Waals surface area (Å²) in [6.45, 7) is 6.80. The molecule has 1 heterocycles. The molecule has 1 aromatic heterocycles. The van der Waals surface area contributed by atoms with Crippen LogP contribution < -0.4 is 5.32 Å². The van der Waals surface area contributed by atoms with E-state index >= 15 is 0 Å². The summed E-state index contributed by atoms with van der Waals surface area (Å²) < 4.78 is 4.94. The maximum atomic E-state index is 11.6. The van der Waals surface area contributed by atoms with Gasteiger partial charge in [-0.1, -0.05) is 31.8 Å². The summed E-state index contributed by atoms with van der Waals surface area (Å²) >= 11 is 0. The zero-order chi connectivity index (χ0) is 12.7. The van der Waals surface area contributed by atoms with Gasteiger partial charge in [0.25, 0.3) is 0 Å². The van der Waals surface area contributed by atoms with Gasteiger partial charge in [-0.15, -0.1) is 0 Å². The molecule has 0 aliphatic carbocycles. The fourth-order valence-electron chi connectivity index (χ4n) is 1.59. The van der Waals surface area contributed by atoms with Gasteiger partial charge in [0, 0.05) is 19.4 Å². The van der Waals surface area contributed by atoms with Crippen LogP contribution in [0.3, 0.4) is 0 Å². The van der Waals surface area contributed by atoms with Gasteiger partial charge in [0.1, 0.15) is 0 Å². The molecule has 1 amide bonds. The second kappa shape index (κ2) is 7.04. The van der Waals surface area contributed by atoms with Crippen LogP contribution in [0.25, 0.3) is 0 Å². The first-order chi connectivity index (χ1) is 8.15. The number of amides is 1. The molecule has 17 heavy (non-hydrogen) atoms. The van der Waals surface area contributed by atoms with E-state index in [4.69, 9.17) is 4.52 Å². The van der Waals surface area contributed by atoms with E-state index in [-0.39, 0.29) is 5.91 Å². The number of aromatic nitrogens is 2. The molecule has 0 radical (unpaired) electrons. The molecule has 1 rings (SSSR count). The number of carbonyl (C=O) groups excluding carboxylic acids is 1. The molecule has 0 unspecified atom stereocenters. The number of nitrogens with one attached hydrogen (secondary N) is 1. The Bertz CT molecular complexity index is 345. The maximum absolute atomic E-state index is 11.6. The first-order valence-electron chi connectivity index (χ1n) is 6.21. The second-order valence-electron chi connectivity index (χ2n) is 4.22. The van der Waals surface area contributed by atoms with Gasteiger partial charge in [-0.05, 0) is 12.8 Å². The molecular weight excluding hydrogens is 218 g/mol. The molecule has 0 aromatic carbocycles. The summed E-state index contributed by atoms with van der Waals surface area (Å²) in [6, 6.07) is 0. The van der Waals surface area contributed by atoms with Crippen molar-refractivity contribution in [3.63, 3.8) is 0 Å². The van der Waals surface area contributed by atoms with Crippen molar-refractivity contribution in [1.29, 1.82) is 0 Å². The average Bonchev–Trinajstić information content (AvgIpc) is 2.74. The molecule has 0 fully saturated rings. The van der Waals surface area contributed by atoms with Crippen LogP contribution in [0.1, 0.15) is 44.8 Å². The molecule has 0 saturated heterocycles. The molecule has 1 N–H and O–H groups in total. The van der Waals surface area contributed by atoms with Gasteiger partial charge < -0.3 is 9.84 Å². The van der Waals surface area contributed by atoms with E-state index < -0.39 is 0 Å². The molecule has 5 nitrogen and oxygen atoms in total. The first kappa shape index (κ1) is 13.7. The molecule has 5 heteroatoms. The minimum atomic E-state index is 0.0488. The van der Waals surface area contributed by atoms with E-state index in [2.05, 4.69) is 29.3 Å². The number of nitrogens with zero attached hydrogens (tertiary/aromatic N) is 2. The van der Waals surface area contributed by atoms with Crippen molar-refractivity contribution >= 4 is 5.91 Å². The van der Waals surface area contributed by atoms with Gasteiger partial charge >= 0.3 is 0 Å². The minimum absolute atomic E-state index is 0.0488. The van der Waals surface area contributed by atoms with Crippen LogP contribution in [-0.2, 0) is 11.2 Å². The summed E-state index contributed by atoms with van der Waals surface area (Å²) in [5.74, 6) is 1.76. The molecule has 0 aliphatic rings. The van der Waals surface area contributed by atoms with E-state index in [1.165, 1.54) is 0 Å². The highest BCUT2D eigenvalue weighted by Crippen LogP contribution is 2.05. The van der Waals surface area contributed by atoms with E-state index in [0.29, 0.717) is 30.5 Å². The number of hydrogen-bond donors (Lipinski definition) is 1. The van der Waals surface area contributed by atoms with Crippen molar-refractivity contribution in [2.24, 2.45) is 5.92 Å². The van der Waals surface area contributed by atoms with Crippen molar-refractivity contribution in [2.45, 2.75) is 46.5 Å². The maximum Gasteiger partial charge on any atom is 0.227 e. The lowest BCUT2D eigenvalue weighted by atomic mass is 10.0. The van der Waals surface area contributed by atoms with E-state index in [1.54, 1.807) is 6.92 Å². The molecule has 0 aliphatic heterocycles. The van der Waals surface area contributed by atoms with E-state index in [9.17, 15) is 4.79 Å². The highest BCUT2D eigenvalue weighted by atomic mass is 16.5. The number of carbonyl (C=O) groups is 1. The van der Waals surface area contributed by atoms with Gasteiger partial charge in [0.2, 0.25) is 11.8 Å². The number of hydrogen-bond acceptors (Lipinski definition) is 4. The Balaban J connectivity index is 2.21. The lowest BCUT2D eigenvalue weighted by Gasteiger charge is -2.12. The van der Waals surface area contributed by atoms with Crippen molar-refractivity contribution < 1.29 is 9.32 Å². The summed E-state index contributed by atoms with van der Waals surface area (Å²) in [5, 5.41) is 6.61. The third-order valence-electron chi connectivity index (χ3n) is 2.88. The Morgan fingerprint density at radius 2 is 2.12 bits per heavy atom. The van der Waals surface area contributed by atoms with E-state index in [0.717, 1.165) is 19.4 Å². The normalized spacial score (nSPS) is 10.8. The van der Waals surface area contributed by atoms with Gasteiger partial charge in [-0.3, -0.25) is 4.79 Å². The Labute approximate surface area is 102 Å². The van der Waals surface area contributed by atoms with Crippen LogP contribution in [0, 0.1) is 12.8 Å². The van der Waals surface area contributed by atoms with Gasteiger partial charge in [0.05, 0.1) is 0 Å². The molecule has 0 bridgehead atoms. The highest BCUT2D eigenvalue weighted by Gasteiger charge is 2.09. The number of rotatable bonds is 7. The van der Waals surface area contributed by atoms with E-state index in [1.807, 2.05) is 0 Å². The second-order valence-corrected chi connectivity index (χ2v) is 4.22. The van der Waals surface area contributed by atoms with Crippen LogP contribution in [-0.4, -0.2) is 22.6 Å². The molecular formula is C12H21N3O2. The summed E-state index contributed by atoms with van der Waals surface area (Å²) in [5.41, 5.74) is 0. The van der Waals surface area contributed by atoms with Crippen molar-refractivity contribution in [3.05, 3.63) is 11.7 Å². The summed E-state index contributed by atoms with van der Waals surface area (Å²) in [6.07, 6.45) is 3.11. The Kier molecular flexibility index (Phi) is 5.66. The van der Waals surface area contributed by atoms with Crippen molar-refractivity contribution in [1.82, 2.24) is 15.5 Å². The molecule has 1 aromatic rings. The monoisotopic (exact) mass is 239 g/mol. The van der Waals surface area contributed by atoms with Crippen LogP contribution in [0.2, 0.25) is 0 Å². The molecule has 0 spiro atoms. The van der Waals surface area contributed by atoms with Crippen LogP contribution in [0.5, 0.6) is 0 Å². The third kappa shape index (κ3) is 4.97. The molecule has 96 valence electrons. The largest absolute Gasteiger partial charge is 0.356 e. The zero-order valence-corrected chi connectivity index (χ0v) is 10.8. The zero-order valence-electron chi connectivity index (χ0n) is 10.8. The highest BCUT2D eigenvalue weighted by molar-refractivity contribution is 5.75. The van der Waals surface area contributed by atoms with Crippen LogP contribution >= 0.6 is 0 Å². The number of aryl methyl sites for hydroxylation is 2. The van der Waals surface area contributed by atoms with Gasteiger partial charge in [0.15, 0.2) is 5.82 Å². The predicted molar refractivity (Wildman–Crippen MR) is 64.4 cm³/mol. The fourth-order valence-corrected chi connectivity index (χ4v) is 1.59. The smallest absolute Gasteiger partial charge is 0.227 e. The predicted octanol–water partition coefficient (Wildman–Crippen LogP) is 1.86.